The van der Waals surface area contributed by atoms with Crippen LogP contribution in [0.5, 0.6) is 0 Å². The average molecular weight is 782 g/mol. The minimum atomic E-state index is 0.0616. The van der Waals surface area contributed by atoms with Gasteiger partial charge in [-0.3, -0.25) is 4.98 Å². The summed E-state index contributed by atoms with van der Waals surface area (Å²) in [7, 11) is 0. The Morgan fingerprint density at radius 3 is 1.28 bits per heavy atom. The molecule has 7 nitrogen and oxygen atoms in total. The summed E-state index contributed by atoms with van der Waals surface area (Å²) in [6, 6.07) is 52.6. The van der Waals surface area contributed by atoms with Crippen LogP contribution in [0.15, 0.2) is 152 Å². The van der Waals surface area contributed by atoms with Crippen molar-refractivity contribution < 1.29 is 10.2 Å². The topological polar surface area (TPSA) is 111 Å². The van der Waals surface area contributed by atoms with Crippen molar-refractivity contribution in [2.45, 2.75) is 25.7 Å². The first-order valence-corrected chi connectivity index (χ1v) is 20.6. The largest absolute Gasteiger partial charge is 0.396 e. The predicted octanol–water partition coefficient (Wildman–Crippen LogP) is 11.7. The minimum Gasteiger partial charge on any atom is -0.396 e. The quantitative estimate of drug-likeness (QED) is 0.110. The summed E-state index contributed by atoms with van der Waals surface area (Å²) in [5, 5.41) is 19.9. The summed E-state index contributed by atoms with van der Waals surface area (Å²) >= 11 is 0. The van der Waals surface area contributed by atoms with Gasteiger partial charge >= 0.3 is 0 Å². The number of rotatable bonds is 10. The number of pyridine rings is 1. The summed E-state index contributed by atoms with van der Waals surface area (Å²) in [6.07, 6.45) is 6.70. The molecule has 4 aromatic heterocycles. The molecule has 6 heterocycles. The third kappa shape index (κ3) is 6.83. The molecule has 4 N–H and O–H groups in total. The van der Waals surface area contributed by atoms with Crippen molar-refractivity contribution >= 4 is 34.2 Å². The number of hydrogen-bond donors (Lipinski definition) is 4. The third-order valence-corrected chi connectivity index (χ3v) is 11.4. The Morgan fingerprint density at radius 1 is 0.400 bits per heavy atom. The van der Waals surface area contributed by atoms with E-state index in [0.29, 0.717) is 25.7 Å². The van der Waals surface area contributed by atoms with Crippen LogP contribution in [0.25, 0.3) is 101 Å². The van der Waals surface area contributed by atoms with Gasteiger partial charge in [-0.25, -0.2) is 9.97 Å². The van der Waals surface area contributed by atoms with Crippen molar-refractivity contribution in [2.24, 2.45) is 0 Å². The molecule has 0 unspecified atom stereocenters. The zero-order valence-corrected chi connectivity index (χ0v) is 33.1. The van der Waals surface area contributed by atoms with E-state index in [2.05, 4.69) is 150 Å². The van der Waals surface area contributed by atoms with Crippen LogP contribution in [-0.4, -0.2) is 48.3 Å². The van der Waals surface area contributed by atoms with Crippen LogP contribution in [0.1, 0.15) is 35.5 Å². The molecule has 4 aromatic carbocycles. The molecule has 2 aliphatic rings. The highest BCUT2D eigenvalue weighted by Gasteiger charge is 2.28. The van der Waals surface area contributed by atoms with Crippen LogP contribution in [0, 0.1) is 0 Å². The zero-order valence-electron chi connectivity index (χ0n) is 33.1. The molecule has 292 valence electrons. The highest BCUT2D eigenvalue weighted by molar-refractivity contribution is 6.04. The number of nitrogens with zero attached hydrogens (tertiary/aromatic N) is 3. The second-order valence-corrected chi connectivity index (χ2v) is 15.2. The van der Waals surface area contributed by atoms with Gasteiger partial charge in [0.2, 0.25) is 0 Å². The van der Waals surface area contributed by atoms with Gasteiger partial charge in [0.25, 0.3) is 0 Å². The molecule has 10 rings (SSSR count). The molecule has 0 spiro atoms. The van der Waals surface area contributed by atoms with Gasteiger partial charge < -0.3 is 20.2 Å². The highest BCUT2D eigenvalue weighted by Crippen LogP contribution is 2.47. The fraction of sp³-hybridized carbons (Fsp3) is 0.113. The number of aryl methyl sites for hydroxylation is 2. The predicted molar refractivity (Wildman–Crippen MR) is 245 cm³/mol. The van der Waals surface area contributed by atoms with Crippen molar-refractivity contribution in [1.82, 2.24) is 24.9 Å². The van der Waals surface area contributed by atoms with Crippen molar-refractivity contribution in [3.63, 3.8) is 0 Å². The molecule has 0 radical (unpaired) electrons. The lowest BCUT2D eigenvalue weighted by Crippen LogP contribution is -2.03. The van der Waals surface area contributed by atoms with Crippen LogP contribution in [0.3, 0.4) is 0 Å². The van der Waals surface area contributed by atoms with Gasteiger partial charge in [-0.15, -0.1) is 0 Å². The first-order chi connectivity index (χ1) is 29.7. The fourth-order valence-electron chi connectivity index (χ4n) is 8.65. The van der Waals surface area contributed by atoms with Gasteiger partial charge in [-0.1, -0.05) is 121 Å². The van der Waals surface area contributed by atoms with Crippen molar-refractivity contribution in [3.8, 4) is 67.2 Å². The molecular formula is C53H43N5O2. The van der Waals surface area contributed by atoms with Gasteiger partial charge in [0, 0.05) is 68.8 Å². The van der Waals surface area contributed by atoms with Crippen LogP contribution in [-0.2, 0) is 12.8 Å². The van der Waals surface area contributed by atoms with Gasteiger partial charge in [0.15, 0.2) is 0 Å². The molecular weight excluding hydrogens is 739 g/mol. The lowest BCUT2D eigenvalue weighted by molar-refractivity contribution is 0.285. The Bertz CT molecular complexity index is 2840. The molecule has 7 heteroatoms. The molecule has 0 atom stereocenters. The summed E-state index contributed by atoms with van der Waals surface area (Å²) in [4.78, 5) is 24.4. The first-order valence-electron chi connectivity index (χ1n) is 20.6. The molecule has 0 fully saturated rings. The molecule has 8 aromatic rings. The lowest BCUT2D eigenvalue weighted by atomic mass is 9.94. The Morgan fingerprint density at radius 2 is 0.817 bits per heavy atom. The fourth-order valence-corrected chi connectivity index (χ4v) is 8.65. The van der Waals surface area contributed by atoms with E-state index < -0.39 is 0 Å². The Hall–Kier alpha value is -7.19. The molecule has 0 amide bonds. The van der Waals surface area contributed by atoms with Gasteiger partial charge in [-0.2, -0.15) is 0 Å². The number of hydrogen-bond acceptors (Lipinski definition) is 5. The number of fused-ring (bicyclic) bond motifs is 11. The van der Waals surface area contributed by atoms with E-state index in [1.165, 1.54) is 0 Å². The summed E-state index contributed by atoms with van der Waals surface area (Å²) in [5.74, 6) is 0. The minimum absolute atomic E-state index is 0.0616. The Labute approximate surface area is 348 Å². The van der Waals surface area contributed by atoms with E-state index in [1.807, 2.05) is 24.3 Å². The van der Waals surface area contributed by atoms with E-state index in [4.69, 9.17) is 15.0 Å². The number of aliphatic hydroxyl groups excluding tert-OH is 2. The monoisotopic (exact) mass is 781 g/mol. The molecule has 0 saturated heterocycles. The SMILES string of the molecule is OCCCc1cc2c(nc1CCCO)-c1nc-2c(-c2ccccc2)c2ccc([nH]2)c(-c2ccccc2)c2nc(c(-c3ccccc3)c3ccc([nH]3)c1-c1ccccc1)C=C2. The summed E-state index contributed by atoms with van der Waals surface area (Å²) < 4.78 is 0. The summed E-state index contributed by atoms with van der Waals surface area (Å²) in [5.41, 5.74) is 18.6. The van der Waals surface area contributed by atoms with Gasteiger partial charge in [0.1, 0.15) is 0 Å². The maximum atomic E-state index is 9.98. The Kier molecular flexibility index (Phi) is 10.0. The van der Waals surface area contributed by atoms with E-state index in [1.54, 1.807) is 0 Å². The van der Waals surface area contributed by atoms with E-state index >= 15 is 0 Å². The second-order valence-electron chi connectivity index (χ2n) is 15.2. The highest BCUT2D eigenvalue weighted by atomic mass is 16.3. The second kappa shape index (κ2) is 16.2. The zero-order chi connectivity index (χ0) is 40.4. The van der Waals surface area contributed by atoms with Crippen molar-refractivity contribution in [1.29, 1.82) is 0 Å². The average Bonchev–Trinajstić information content (AvgIpc) is 4.14. The number of H-pyrrole nitrogens is 2. The first kappa shape index (κ1) is 37.1. The maximum absolute atomic E-state index is 9.98. The smallest absolute Gasteiger partial charge is 0.1000 e. The lowest BCUT2D eigenvalue weighted by Gasteiger charge is -2.13. The standard InChI is InChI=1S/C53H43N5O2/c59-31-13-23-38-33-39-51-49(36-19-9-3-10-20-36)45-29-27-43(55-45)47(34-15-5-1-6-16-34)41-25-26-42(54-41)48(35-17-7-2-8-18-35)44-28-30-46(56-44)50(37-21-11-4-12-22-37)53(58-51)52(39)57-40(38)24-14-32-60/h1-12,15-22,25-30,33,55-56,59-60H,13-14,23-24,31-32H2. The maximum Gasteiger partial charge on any atom is 0.1000 e. The molecule has 0 saturated carbocycles. The summed E-state index contributed by atoms with van der Waals surface area (Å²) in [6.45, 7) is 0.135. The number of aromatic nitrogens is 5. The van der Waals surface area contributed by atoms with E-state index in [0.717, 1.165) is 112 Å². The van der Waals surface area contributed by atoms with Crippen LogP contribution >= 0.6 is 0 Å². The number of aromatic amines is 2. The van der Waals surface area contributed by atoms with Gasteiger partial charge in [-0.05, 0) is 96.0 Å². The van der Waals surface area contributed by atoms with Crippen LogP contribution < -0.4 is 0 Å². The normalized spacial score (nSPS) is 11.8. The number of benzene rings is 4. The molecule has 0 aliphatic carbocycles. The molecule has 8 bridgehead atoms. The Balaban J connectivity index is 1.43. The van der Waals surface area contributed by atoms with Crippen molar-refractivity contribution in [3.05, 3.63) is 174 Å². The molecule has 2 aliphatic heterocycles. The number of aliphatic hydroxyl groups is 2. The van der Waals surface area contributed by atoms with E-state index in [9.17, 15) is 10.2 Å². The molecule has 60 heavy (non-hydrogen) atoms. The number of nitrogens with one attached hydrogen (secondary N) is 2. The van der Waals surface area contributed by atoms with Crippen LogP contribution in [0.4, 0.5) is 0 Å². The van der Waals surface area contributed by atoms with E-state index in [-0.39, 0.29) is 13.2 Å². The van der Waals surface area contributed by atoms with Crippen molar-refractivity contribution in [2.75, 3.05) is 13.2 Å². The third-order valence-electron chi connectivity index (χ3n) is 11.4. The van der Waals surface area contributed by atoms with Gasteiger partial charge in [0.05, 0.1) is 28.5 Å². The van der Waals surface area contributed by atoms with Crippen LogP contribution in [0.2, 0.25) is 0 Å².